The van der Waals surface area contributed by atoms with Gasteiger partial charge in [0.25, 0.3) is 0 Å². The molecule has 1 aromatic heterocycles. The van der Waals surface area contributed by atoms with Gasteiger partial charge in [-0.15, -0.1) is 0 Å². The fourth-order valence-electron chi connectivity index (χ4n) is 4.72. The van der Waals surface area contributed by atoms with Gasteiger partial charge in [0.05, 0.1) is 24.4 Å². The summed E-state index contributed by atoms with van der Waals surface area (Å²) in [6.45, 7) is -0.618. The van der Waals surface area contributed by atoms with E-state index >= 15 is 0 Å². The highest BCUT2D eigenvalue weighted by atomic mass is 19.4. The maximum absolute atomic E-state index is 14.5. The van der Waals surface area contributed by atoms with E-state index < -0.39 is 41.3 Å². The Balaban J connectivity index is 1.60. The normalized spacial score (nSPS) is 11.9. The van der Waals surface area contributed by atoms with Gasteiger partial charge in [-0.1, -0.05) is 54.6 Å². The van der Waals surface area contributed by atoms with Crippen LogP contribution < -0.4 is 0 Å². The highest BCUT2D eigenvalue weighted by Gasteiger charge is 2.34. The first-order chi connectivity index (χ1) is 18.6. The summed E-state index contributed by atoms with van der Waals surface area (Å²) < 4.78 is 85.1. The van der Waals surface area contributed by atoms with Crippen LogP contribution in [0.1, 0.15) is 27.8 Å². The van der Waals surface area contributed by atoms with Crippen molar-refractivity contribution in [3.63, 3.8) is 0 Å². The Morgan fingerprint density at radius 3 is 2.03 bits per heavy atom. The predicted octanol–water partition coefficient (Wildman–Crippen LogP) is 7.47. The standard InChI is InChI=1S/C30H22F6N2O/c31-22-14-26(32)24(27(33)15-22)16-38-29(23-8-3-9-25(28(23)37-38)30(34,35)36)21-7-2-5-19(13-21)11-10-18-4-1-6-20(12-18)17-39/h1-9,12-15,39H,10-11,16-17H2. The van der Waals surface area contributed by atoms with Crippen LogP contribution >= 0.6 is 0 Å². The van der Waals surface area contributed by atoms with Crippen molar-refractivity contribution in [3.8, 4) is 11.3 Å². The molecule has 1 heterocycles. The Labute approximate surface area is 220 Å². The first kappa shape index (κ1) is 26.5. The number of halogens is 6. The lowest BCUT2D eigenvalue weighted by Crippen LogP contribution is -2.09. The minimum absolute atomic E-state index is 0.0739. The van der Waals surface area contributed by atoms with Gasteiger partial charge in [-0.25, -0.2) is 13.2 Å². The van der Waals surface area contributed by atoms with Crippen molar-refractivity contribution in [3.05, 3.63) is 124 Å². The lowest BCUT2D eigenvalue weighted by atomic mass is 9.99. The molecule has 0 aliphatic heterocycles. The molecule has 0 unspecified atom stereocenters. The molecule has 9 heteroatoms. The van der Waals surface area contributed by atoms with Crippen LogP contribution in [-0.4, -0.2) is 14.9 Å². The van der Waals surface area contributed by atoms with E-state index in [9.17, 15) is 31.4 Å². The molecule has 39 heavy (non-hydrogen) atoms. The molecule has 0 radical (unpaired) electrons. The third-order valence-electron chi connectivity index (χ3n) is 6.57. The number of rotatable bonds is 7. The molecule has 0 saturated heterocycles. The minimum atomic E-state index is -4.70. The molecule has 0 atom stereocenters. The fourth-order valence-corrected chi connectivity index (χ4v) is 4.72. The number of benzene rings is 4. The molecular formula is C30H22F6N2O. The number of alkyl halides is 3. The Morgan fingerprint density at radius 2 is 1.36 bits per heavy atom. The van der Waals surface area contributed by atoms with Crippen LogP contribution in [0.2, 0.25) is 0 Å². The van der Waals surface area contributed by atoms with Gasteiger partial charge >= 0.3 is 6.18 Å². The largest absolute Gasteiger partial charge is 0.418 e. The summed E-state index contributed by atoms with van der Waals surface area (Å²) in [7, 11) is 0. The SMILES string of the molecule is OCc1cccc(CCc2cccc(-c3c4cccc(C(F)(F)F)c4nn3Cc3c(F)cc(F)cc3F)c2)c1. The summed E-state index contributed by atoms with van der Waals surface area (Å²) in [4.78, 5) is 0. The van der Waals surface area contributed by atoms with Crippen molar-refractivity contribution in [2.75, 3.05) is 0 Å². The molecular weight excluding hydrogens is 518 g/mol. The van der Waals surface area contributed by atoms with E-state index in [0.29, 0.717) is 30.5 Å². The Bertz CT molecular complexity index is 1630. The second-order valence-electron chi connectivity index (χ2n) is 9.23. The summed E-state index contributed by atoms with van der Waals surface area (Å²) in [6.07, 6.45) is -3.45. The van der Waals surface area contributed by atoms with Crippen LogP contribution in [0.3, 0.4) is 0 Å². The molecule has 5 rings (SSSR count). The van der Waals surface area contributed by atoms with Gasteiger partial charge in [0, 0.05) is 28.6 Å². The lowest BCUT2D eigenvalue weighted by Gasteiger charge is -2.12. The van der Waals surface area contributed by atoms with E-state index in [1.807, 2.05) is 30.3 Å². The molecule has 0 bridgehead atoms. The van der Waals surface area contributed by atoms with Crippen molar-refractivity contribution >= 4 is 10.9 Å². The molecule has 0 aliphatic carbocycles. The molecule has 0 spiro atoms. The quantitative estimate of drug-likeness (QED) is 0.218. The highest BCUT2D eigenvalue weighted by Crippen LogP contribution is 2.38. The first-order valence-corrected chi connectivity index (χ1v) is 12.1. The van der Waals surface area contributed by atoms with Crippen LogP contribution in [0.5, 0.6) is 0 Å². The van der Waals surface area contributed by atoms with Gasteiger partial charge < -0.3 is 5.11 Å². The van der Waals surface area contributed by atoms with Gasteiger partial charge in [-0.3, -0.25) is 4.68 Å². The van der Waals surface area contributed by atoms with Gasteiger partial charge in [0.2, 0.25) is 0 Å². The maximum Gasteiger partial charge on any atom is 0.418 e. The van der Waals surface area contributed by atoms with Crippen molar-refractivity contribution in [1.29, 1.82) is 0 Å². The van der Waals surface area contributed by atoms with Crippen molar-refractivity contribution in [2.24, 2.45) is 0 Å². The summed E-state index contributed by atoms with van der Waals surface area (Å²) in [5.41, 5.74) is 1.61. The second-order valence-corrected chi connectivity index (χ2v) is 9.23. The van der Waals surface area contributed by atoms with Crippen molar-refractivity contribution in [1.82, 2.24) is 9.78 Å². The number of aryl methyl sites for hydroxylation is 2. The van der Waals surface area contributed by atoms with E-state index in [0.717, 1.165) is 27.4 Å². The smallest absolute Gasteiger partial charge is 0.392 e. The molecule has 5 aromatic rings. The number of nitrogens with zero attached hydrogens (tertiary/aromatic N) is 2. The summed E-state index contributed by atoms with van der Waals surface area (Å²) in [6, 6.07) is 19.3. The highest BCUT2D eigenvalue weighted by molar-refractivity contribution is 5.95. The third kappa shape index (κ3) is 5.54. The summed E-state index contributed by atoms with van der Waals surface area (Å²) in [5, 5.41) is 13.7. The molecule has 3 nitrogen and oxygen atoms in total. The van der Waals surface area contributed by atoms with Crippen LogP contribution in [-0.2, 0) is 32.2 Å². The fraction of sp³-hybridized carbons (Fsp3) is 0.167. The minimum Gasteiger partial charge on any atom is -0.392 e. The number of aliphatic hydroxyl groups excluding tert-OH is 1. The van der Waals surface area contributed by atoms with Crippen molar-refractivity contribution < 1.29 is 31.4 Å². The molecule has 1 N–H and O–H groups in total. The van der Waals surface area contributed by atoms with E-state index in [-0.39, 0.29) is 23.2 Å². The van der Waals surface area contributed by atoms with Crippen LogP contribution in [0.4, 0.5) is 26.3 Å². The molecule has 0 aliphatic rings. The van der Waals surface area contributed by atoms with Gasteiger partial charge in [-0.05, 0) is 41.7 Å². The first-order valence-electron chi connectivity index (χ1n) is 12.1. The zero-order valence-electron chi connectivity index (χ0n) is 20.4. The zero-order valence-corrected chi connectivity index (χ0v) is 20.4. The second kappa shape index (κ2) is 10.6. The average Bonchev–Trinajstić information content (AvgIpc) is 3.27. The predicted molar refractivity (Wildman–Crippen MR) is 135 cm³/mol. The van der Waals surface area contributed by atoms with Crippen molar-refractivity contribution in [2.45, 2.75) is 32.2 Å². The van der Waals surface area contributed by atoms with E-state index in [1.165, 1.54) is 12.1 Å². The van der Waals surface area contributed by atoms with E-state index in [4.69, 9.17) is 0 Å². The van der Waals surface area contributed by atoms with Crippen LogP contribution in [0.25, 0.3) is 22.2 Å². The van der Waals surface area contributed by atoms with Gasteiger partial charge in [-0.2, -0.15) is 18.3 Å². The maximum atomic E-state index is 14.5. The molecule has 200 valence electrons. The number of fused-ring (bicyclic) bond motifs is 1. The molecule has 0 fully saturated rings. The van der Waals surface area contributed by atoms with Gasteiger partial charge in [0.15, 0.2) is 0 Å². The number of hydrogen-bond acceptors (Lipinski definition) is 2. The number of aromatic nitrogens is 2. The Morgan fingerprint density at radius 1 is 0.744 bits per heavy atom. The summed E-state index contributed by atoms with van der Waals surface area (Å²) >= 11 is 0. The Kier molecular flexibility index (Phi) is 7.18. The zero-order chi connectivity index (χ0) is 27.7. The molecule has 0 saturated carbocycles. The average molecular weight is 541 g/mol. The summed E-state index contributed by atoms with van der Waals surface area (Å²) in [5.74, 6) is -3.42. The monoisotopic (exact) mass is 540 g/mol. The van der Waals surface area contributed by atoms with Gasteiger partial charge in [0.1, 0.15) is 23.0 Å². The third-order valence-corrected chi connectivity index (χ3v) is 6.57. The topological polar surface area (TPSA) is 38.1 Å². The number of aliphatic hydroxyl groups is 1. The molecule has 4 aromatic carbocycles. The van der Waals surface area contributed by atoms with E-state index in [2.05, 4.69) is 5.10 Å². The van der Waals surface area contributed by atoms with Crippen LogP contribution in [0.15, 0.2) is 78.9 Å². The van der Waals surface area contributed by atoms with E-state index in [1.54, 1.807) is 18.2 Å². The molecule has 0 amide bonds. The lowest BCUT2D eigenvalue weighted by molar-refractivity contribution is -0.136. The number of hydrogen-bond donors (Lipinski definition) is 1. The van der Waals surface area contributed by atoms with Crippen LogP contribution in [0, 0.1) is 17.5 Å². The Hall–Kier alpha value is -4.11.